The van der Waals surface area contributed by atoms with E-state index in [0.29, 0.717) is 19.3 Å². The third-order valence-corrected chi connectivity index (χ3v) is 12.0. The first-order chi connectivity index (χ1) is 22.8. The topological polar surface area (TPSA) is 239 Å². The molecule has 49 heavy (non-hydrogen) atoms. The Morgan fingerprint density at radius 3 is 2.35 bits per heavy atom. The number of ether oxygens (including phenoxy) is 1. The van der Waals surface area contributed by atoms with E-state index < -0.39 is 83.6 Å². The van der Waals surface area contributed by atoms with Crippen molar-refractivity contribution in [3.05, 3.63) is 11.6 Å². The molecule has 7 N–H and O–H groups in total. The summed E-state index contributed by atoms with van der Waals surface area (Å²) in [6.45, 7) is 6.53. The number of Topliss-reactive ketones (excluding diaryl/α,β-unsaturated/α-hetero) is 1. The SMILES string of the molecule is CC(C)[C@H](NC(=O)CCC(=O)OCC(=O)[C@@]1(O)CC[C@H]2[C@H]3CCC4=CC(=O)CC[C@]4(C)[C@@H]3[C@@H](O)C[C@@]21C)C(=O)N[C@@H](CCC(N)=O)C(=O)O. The number of fused-ring (bicyclic) bond motifs is 5. The summed E-state index contributed by atoms with van der Waals surface area (Å²) in [5.74, 6) is -5.46. The van der Waals surface area contributed by atoms with Crippen LogP contribution in [0.4, 0.5) is 0 Å². The monoisotopic (exact) mass is 689 g/mol. The summed E-state index contributed by atoms with van der Waals surface area (Å²) in [5, 5.41) is 37.6. The second kappa shape index (κ2) is 14.7. The molecule has 0 radical (unpaired) electrons. The van der Waals surface area contributed by atoms with Crippen LogP contribution in [0.3, 0.4) is 0 Å². The molecule has 0 unspecified atom stereocenters. The number of carboxylic acids is 1. The maximum Gasteiger partial charge on any atom is 0.326 e. The number of esters is 1. The molecule has 3 amide bonds. The van der Waals surface area contributed by atoms with Crippen molar-refractivity contribution in [2.24, 2.45) is 40.2 Å². The molecule has 0 aromatic rings. The van der Waals surface area contributed by atoms with Gasteiger partial charge in [0.05, 0.1) is 12.5 Å². The number of hydrogen-bond donors (Lipinski definition) is 6. The number of ketones is 2. The Labute approximate surface area is 286 Å². The van der Waals surface area contributed by atoms with Crippen molar-refractivity contribution >= 4 is 41.2 Å². The highest BCUT2D eigenvalue weighted by atomic mass is 16.5. The zero-order chi connectivity index (χ0) is 36.5. The summed E-state index contributed by atoms with van der Waals surface area (Å²) in [4.78, 5) is 86.2. The van der Waals surface area contributed by atoms with E-state index >= 15 is 0 Å². The quantitative estimate of drug-likeness (QED) is 0.141. The Balaban J connectivity index is 1.31. The van der Waals surface area contributed by atoms with Crippen LogP contribution in [0.15, 0.2) is 11.6 Å². The van der Waals surface area contributed by atoms with Gasteiger partial charge in [0.2, 0.25) is 23.5 Å². The Bertz CT molecular complexity index is 1410. The predicted molar refractivity (Wildman–Crippen MR) is 173 cm³/mol. The molecule has 9 atom stereocenters. The molecule has 0 bridgehead atoms. The molecule has 4 rings (SSSR count). The molecule has 14 heteroatoms. The molecule has 3 fully saturated rings. The van der Waals surface area contributed by atoms with E-state index in [9.17, 15) is 48.9 Å². The molecule has 0 aromatic carbocycles. The van der Waals surface area contributed by atoms with Gasteiger partial charge >= 0.3 is 11.9 Å². The molecule has 3 saturated carbocycles. The number of aliphatic hydroxyl groups excluding tert-OH is 1. The van der Waals surface area contributed by atoms with Gasteiger partial charge in [0.25, 0.3) is 0 Å². The highest BCUT2D eigenvalue weighted by Crippen LogP contribution is 2.67. The van der Waals surface area contributed by atoms with Gasteiger partial charge in [-0.15, -0.1) is 0 Å². The zero-order valence-corrected chi connectivity index (χ0v) is 28.8. The summed E-state index contributed by atoms with van der Waals surface area (Å²) in [7, 11) is 0. The number of carbonyl (C=O) groups is 7. The summed E-state index contributed by atoms with van der Waals surface area (Å²) in [6.07, 6.45) is 3.24. The largest absolute Gasteiger partial charge is 0.480 e. The second-order valence-corrected chi connectivity index (χ2v) is 15.3. The molecular formula is C35H51N3O11. The highest BCUT2D eigenvalue weighted by molar-refractivity contribution is 5.93. The lowest BCUT2D eigenvalue weighted by Crippen LogP contribution is -2.62. The molecule has 0 saturated heterocycles. The molecule has 0 spiro atoms. The lowest BCUT2D eigenvalue weighted by atomic mass is 9.45. The molecule has 272 valence electrons. The van der Waals surface area contributed by atoms with Crippen molar-refractivity contribution in [2.75, 3.05) is 6.61 Å². The van der Waals surface area contributed by atoms with Crippen molar-refractivity contribution in [3.8, 4) is 0 Å². The van der Waals surface area contributed by atoms with E-state index in [1.165, 1.54) is 0 Å². The highest BCUT2D eigenvalue weighted by Gasteiger charge is 2.68. The number of primary amides is 1. The minimum Gasteiger partial charge on any atom is -0.480 e. The van der Waals surface area contributed by atoms with Crippen LogP contribution in [-0.2, 0) is 38.3 Å². The number of amides is 3. The van der Waals surface area contributed by atoms with Crippen LogP contribution in [0, 0.1) is 34.5 Å². The van der Waals surface area contributed by atoms with Crippen LogP contribution in [-0.4, -0.2) is 86.9 Å². The molecule has 0 heterocycles. The number of hydrogen-bond acceptors (Lipinski definition) is 10. The Kier molecular flexibility index (Phi) is 11.4. The fourth-order valence-electron chi connectivity index (χ4n) is 9.29. The fourth-order valence-corrected chi connectivity index (χ4v) is 9.29. The normalized spacial score (nSPS) is 33.2. The van der Waals surface area contributed by atoms with Crippen molar-refractivity contribution in [1.82, 2.24) is 10.6 Å². The van der Waals surface area contributed by atoms with E-state index in [1.807, 2.05) is 6.92 Å². The molecule has 0 aliphatic heterocycles. The molecular weight excluding hydrogens is 638 g/mol. The number of carbonyl (C=O) groups excluding carboxylic acids is 6. The van der Waals surface area contributed by atoms with Crippen LogP contribution in [0.2, 0.25) is 0 Å². The predicted octanol–water partition coefficient (Wildman–Crippen LogP) is 1.09. The van der Waals surface area contributed by atoms with E-state index in [2.05, 4.69) is 17.6 Å². The number of nitrogens with one attached hydrogen (secondary N) is 2. The second-order valence-electron chi connectivity index (χ2n) is 15.3. The van der Waals surface area contributed by atoms with E-state index in [0.717, 1.165) is 18.4 Å². The number of aliphatic hydroxyl groups is 2. The molecule has 4 aliphatic rings. The Morgan fingerprint density at radius 1 is 1.02 bits per heavy atom. The zero-order valence-electron chi connectivity index (χ0n) is 28.8. The van der Waals surface area contributed by atoms with Gasteiger partial charge in [-0.1, -0.05) is 33.3 Å². The number of rotatable bonds is 14. The number of aliphatic carboxylic acids is 1. The number of allylic oxidation sites excluding steroid dienone is 1. The van der Waals surface area contributed by atoms with Crippen molar-refractivity contribution in [1.29, 1.82) is 0 Å². The van der Waals surface area contributed by atoms with Gasteiger partial charge in [0.1, 0.15) is 17.7 Å². The average molecular weight is 690 g/mol. The maximum atomic E-state index is 13.5. The maximum absolute atomic E-state index is 13.5. The van der Waals surface area contributed by atoms with Crippen molar-refractivity contribution in [3.63, 3.8) is 0 Å². The first-order valence-electron chi connectivity index (χ1n) is 17.3. The summed E-state index contributed by atoms with van der Waals surface area (Å²) < 4.78 is 5.20. The molecule has 4 aliphatic carbocycles. The Morgan fingerprint density at radius 2 is 1.71 bits per heavy atom. The Hall–Kier alpha value is -3.65. The first kappa shape index (κ1) is 38.2. The van der Waals surface area contributed by atoms with E-state index in [4.69, 9.17) is 10.5 Å². The third kappa shape index (κ3) is 7.59. The summed E-state index contributed by atoms with van der Waals surface area (Å²) >= 11 is 0. The van der Waals surface area contributed by atoms with Crippen LogP contribution in [0.1, 0.15) is 98.3 Å². The van der Waals surface area contributed by atoms with Gasteiger partial charge in [-0.25, -0.2) is 4.79 Å². The van der Waals surface area contributed by atoms with Crippen molar-refractivity contribution in [2.45, 2.75) is 122 Å². The fraction of sp³-hybridized carbons (Fsp3) is 0.743. The van der Waals surface area contributed by atoms with E-state index in [1.54, 1.807) is 19.9 Å². The molecule has 14 nitrogen and oxygen atoms in total. The summed E-state index contributed by atoms with van der Waals surface area (Å²) in [5.41, 5.74) is 3.10. The van der Waals surface area contributed by atoms with Gasteiger partial charge in [0, 0.05) is 24.7 Å². The van der Waals surface area contributed by atoms with Crippen LogP contribution in [0.5, 0.6) is 0 Å². The number of carboxylic acid groups (broad SMARTS) is 1. The number of nitrogens with two attached hydrogens (primary N) is 1. The lowest BCUT2D eigenvalue weighted by molar-refractivity contribution is -0.184. The molecule has 0 aromatic heterocycles. The smallest absolute Gasteiger partial charge is 0.326 e. The van der Waals surface area contributed by atoms with Crippen LogP contribution >= 0.6 is 0 Å². The minimum atomic E-state index is -1.82. The van der Waals surface area contributed by atoms with E-state index in [-0.39, 0.29) is 61.1 Å². The van der Waals surface area contributed by atoms with Crippen LogP contribution < -0.4 is 16.4 Å². The lowest BCUT2D eigenvalue weighted by Gasteiger charge is -2.60. The van der Waals surface area contributed by atoms with Crippen molar-refractivity contribution < 1.29 is 53.6 Å². The van der Waals surface area contributed by atoms with Crippen LogP contribution in [0.25, 0.3) is 0 Å². The van der Waals surface area contributed by atoms with Gasteiger partial charge in [-0.2, -0.15) is 0 Å². The van der Waals surface area contributed by atoms with Gasteiger partial charge in [-0.3, -0.25) is 28.8 Å². The third-order valence-electron chi connectivity index (χ3n) is 12.0. The summed E-state index contributed by atoms with van der Waals surface area (Å²) in [6, 6.07) is -2.53. The first-order valence-corrected chi connectivity index (χ1v) is 17.3. The van der Waals surface area contributed by atoms with Gasteiger partial charge in [-0.05, 0) is 80.1 Å². The van der Waals surface area contributed by atoms with Gasteiger partial charge in [0.15, 0.2) is 12.4 Å². The van der Waals surface area contributed by atoms with Gasteiger partial charge < -0.3 is 36.4 Å². The standard InChI is InChI=1S/C35H51N3O11/c1-18(2)30(31(45)37-23(32(46)47)7-8-26(36)42)38-27(43)9-10-28(44)49-17-25(41)35(48)14-12-22-21-6-5-19-15-20(39)11-13-33(19,3)29(21)24(40)16-34(22,35)4/h15,18,21-24,29-30,40,48H,5-14,16-17H2,1-4H3,(H2,36,42)(H,37,45)(H,38,43)(H,46,47)/t21-,22+,23+,24+,29+,30+,33+,34+,35+/m1/s1. The average Bonchev–Trinajstić information content (AvgIpc) is 3.29. The minimum absolute atomic E-state index is 0.0368.